The van der Waals surface area contributed by atoms with Crippen LogP contribution < -0.4 is 4.74 Å². The quantitative estimate of drug-likeness (QED) is 0.622. The van der Waals surface area contributed by atoms with Crippen molar-refractivity contribution in [2.24, 2.45) is 0 Å². The molecule has 0 fully saturated rings. The lowest BCUT2D eigenvalue weighted by Gasteiger charge is -2.13. The molecule has 17 heavy (non-hydrogen) atoms. The van der Waals surface area contributed by atoms with E-state index in [0.717, 1.165) is 12.1 Å². The summed E-state index contributed by atoms with van der Waals surface area (Å²) in [5.74, 6) is -1.97. The molecule has 0 amide bonds. The summed E-state index contributed by atoms with van der Waals surface area (Å²) in [6.45, 7) is 0. The third-order valence-electron chi connectivity index (χ3n) is 1.79. The Kier molecular flexibility index (Phi) is 4.47. The van der Waals surface area contributed by atoms with Crippen LogP contribution in [0.25, 0.3) is 0 Å². The molecule has 1 rings (SSSR count). The second-order valence-corrected chi connectivity index (χ2v) is 4.07. The fraction of sp³-hybridized carbons (Fsp3) is 0.333. The van der Waals surface area contributed by atoms with Crippen molar-refractivity contribution >= 4 is 11.1 Å². The van der Waals surface area contributed by atoms with Crippen molar-refractivity contribution in [2.75, 3.05) is 5.75 Å². The van der Waals surface area contributed by atoms with Crippen LogP contribution in [0.5, 0.6) is 5.75 Å². The lowest BCUT2D eigenvalue weighted by Crippen LogP contribution is -2.18. The first-order chi connectivity index (χ1) is 7.78. The summed E-state index contributed by atoms with van der Waals surface area (Å²) in [7, 11) is 0. The summed E-state index contributed by atoms with van der Waals surface area (Å²) in [4.78, 5) is 0. The molecule has 0 aliphatic heterocycles. The van der Waals surface area contributed by atoms with Gasteiger partial charge in [-0.3, -0.25) is 4.21 Å². The molecule has 0 bridgehead atoms. The van der Waals surface area contributed by atoms with Gasteiger partial charge in [0, 0.05) is 11.8 Å². The molecule has 0 aromatic heterocycles. The Morgan fingerprint density at radius 1 is 1.35 bits per heavy atom. The molecular weight excluding hydrogens is 264 g/mol. The van der Waals surface area contributed by atoms with Gasteiger partial charge in [-0.05, 0) is 18.1 Å². The molecule has 8 heteroatoms. The summed E-state index contributed by atoms with van der Waals surface area (Å²) in [5, 5.41) is 0. The van der Waals surface area contributed by atoms with Crippen LogP contribution in [0.2, 0.25) is 0 Å². The number of alkyl halides is 3. The monoisotopic (exact) mass is 271 g/mol. The second kappa shape index (κ2) is 5.46. The van der Waals surface area contributed by atoms with Gasteiger partial charge in [0.25, 0.3) is 0 Å². The van der Waals surface area contributed by atoms with Crippen LogP contribution in [-0.2, 0) is 17.5 Å². The summed E-state index contributed by atoms with van der Waals surface area (Å²) in [6, 6.07) is 2.56. The van der Waals surface area contributed by atoms with E-state index in [-0.39, 0.29) is 17.7 Å². The predicted molar refractivity (Wildman–Crippen MR) is 50.6 cm³/mol. The number of aryl methyl sites for hydroxylation is 1. The van der Waals surface area contributed by atoms with E-state index in [0.29, 0.717) is 6.07 Å². The standard InChI is InChI=1S/C9H8F4O3S/c10-7-2-1-6(3-4-17(14)15)8(5-7)16-9(11,12)13/h1-2,5H,3-4H2,(H,14,15)/p-1. The van der Waals surface area contributed by atoms with E-state index in [1.807, 2.05) is 0 Å². The van der Waals surface area contributed by atoms with Gasteiger partial charge >= 0.3 is 6.36 Å². The molecule has 0 aliphatic rings. The summed E-state index contributed by atoms with van der Waals surface area (Å²) >= 11 is -2.38. The summed E-state index contributed by atoms with van der Waals surface area (Å²) < 4.78 is 72.9. The summed E-state index contributed by atoms with van der Waals surface area (Å²) in [6.07, 6.45) is -5.12. The smallest absolute Gasteiger partial charge is 0.573 e. The van der Waals surface area contributed by atoms with Crippen LogP contribution in [0.1, 0.15) is 5.56 Å². The van der Waals surface area contributed by atoms with Crippen LogP contribution in [0, 0.1) is 5.82 Å². The van der Waals surface area contributed by atoms with E-state index in [9.17, 15) is 26.3 Å². The number of halogens is 4. The first kappa shape index (κ1) is 13.9. The van der Waals surface area contributed by atoms with Crippen molar-refractivity contribution in [1.82, 2.24) is 0 Å². The van der Waals surface area contributed by atoms with E-state index >= 15 is 0 Å². The van der Waals surface area contributed by atoms with Crippen molar-refractivity contribution in [3.05, 3.63) is 29.6 Å². The lowest BCUT2D eigenvalue weighted by atomic mass is 10.1. The highest BCUT2D eigenvalue weighted by atomic mass is 32.2. The van der Waals surface area contributed by atoms with Gasteiger partial charge in [0.2, 0.25) is 0 Å². The molecule has 0 spiro atoms. The largest absolute Gasteiger partial charge is 0.772 e. The Morgan fingerprint density at radius 3 is 2.53 bits per heavy atom. The van der Waals surface area contributed by atoms with Crippen LogP contribution >= 0.6 is 0 Å². The van der Waals surface area contributed by atoms with Crippen molar-refractivity contribution in [3.8, 4) is 5.75 Å². The van der Waals surface area contributed by atoms with Crippen LogP contribution in [0.4, 0.5) is 17.6 Å². The third kappa shape index (κ3) is 5.14. The minimum absolute atomic E-state index is 0.0204. The lowest BCUT2D eigenvalue weighted by molar-refractivity contribution is -0.274. The normalized spacial score (nSPS) is 13.5. The first-order valence-corrected chi connectivity index (χ1v) is 5.62. The number of hydrogen-bond donors (Lipinski definition) is 0. The van der Waals surface area contributed by atoms with E-state index in [4.69, 9.17) is 0 Å². The van der Waals surface area contributed by atoms with E-state index < -0.39 is 29.0 Å². The maximum Gasteiger partial charge on any atom is 0.573 e. The molecule has 0 heterocycles. The van der Waals surface area contributed by atoms with Gasteiger partial charge in [0.1, 0.15) is 11.6 Å². The fourth-order valence-electron chi connectivity index (χ4n) is 1.15. The Hall–Kier alpha value is -1.15. The molecule has 3 nitrogen and oxygen atoms in total. The summed E-state index contributed by atoms with van der Waals surface area (Å²) in [5.41, 5.74) is -0.0204. The van der Waals surface area contributed by atoms with Crippen molar-refractivity contribution in [3.63, 3.8) is 0 Å². The van der Waals surface area contributed by atoms with Crippen LogP contribution in [0.15, 0.2) is 18.2 Å². The maximum atomic E-state index is 12.8. The van der Waals surface area contributed by atoms with Gasteiger partial charge < -0.3 is 9.29 Å². The molecule has 0 aliphatic carbocycles. The van der Waals surface area contributed by atoms with Crippen LogP contribution in [-0.4, -0.2) is 20.9 Å². The fourth-order valence-corrected chi connectivity index (χ4v) is 1.53. The molecular formula is C9H7F4O3S-. The van der Waals surface area contributed by atoms with Crippen molar-refractivity contribution < 1.29 is 31.1 Å². The Bertz CT molecular complexity index is 419. The Balaban J connectivity index is 2.91. The highest BCUT2D eigenvalue weighted by molar-refractivity contribution is 7.79. The highest BCUT2D eigenvalue weighted by Gasteiger charge is 2.32. The average molecular weight is 271 g/mol. The van der Waals surface area contributed by atoms with Gasteiger partial charge in [-0.2, -0.15) is 0 Å². The molecule has 0 saturated carbocycles. The number of benzene rings is 1. The molecule has 0 saturated heterocycles. The molecule has 0 N–H and O–H groups in total. The van der Waals surface area contributed by atoms with Gasteiger partial charge in [0.15, 0.2) is 0 Å². The SMILES string of the molecule is O=S([O-])CCc1ccc(F)cc1OC(F)(F)F. The molecule has 1 unspecified atom stereocenters. The maximum absolute atomic E-state index is 12.8. The zero-order valence-corrected chi connectivity index (χ0v) is 9.11. The minimum atomic E-state index is -4.95. The molecule has 1 aromatic carbocycles. The molecule has 96 valence electrons. The van der Waals surface area contributed by atoms with Gasteiger partial charge in [-0.1, -0.05) is 17.1 Å². The highest BCUT2D eigenvalue weighted by Crippen LogP contribution is 2.27. The van der Waals surface area contributed by atoms with E-state index in [1.54, 1.807) is 0 Å². The molecule has 0 radical (unpaired) electrons. The number of ether oxygens (including phenoxy) is 1. The predicted octanol–water partition coefficient (Wildman–Crippen LogP) is 2.15. The molecule has 1 aromatic rings. The second-order valence-electron chi connectivity index (χ2n) is 3.06. The topological polar surface area (TPSA) is 49.4 Å². The first-order valence-electron chi connectivity index (χ1n) is 4.38. The van der Waals surface area contributed by atoms with Crippen molar-refractivity contribution in [1.29, 1.82) is 0 Å². The minimum Gasteiger partial charge on any atom is -0.772 e. The number of hydrogen-bond acceptors (Lipinski definition) is 3. The number of rotatable bonds is 4. The van der Waals surface area contributed by atoms with Gasteiger partial charge in [-0.25, -0.2) is 4.39 Å². The van der Waals surface area contributed by atoms with Crippen LogP contribution in [0.3, 0.4) is 0 Å². The third-order valence-corrected chi connectivity index (χ3v) is 2.33. The zero-order chi connectivity index (χ0) is 13.1. The Morgan fingerprint density at radius 2 is 2.00 bits per heavy atom. The van der Waals surface area contributed by atoms with E-state index in [2.05, 4.69) is 4.74 Å². The van der Waals surface area contributed by atoms with Gasteiger partial charge in [0.05, 0.1) is 0 Å². The zero-order valence-electron chi connectivity index (χ0n) is 8.29. The van der Waals surface area contributed by atoms with Crippen molar-refractivity contribution in [2.45, 2.75) is 12.8 Å². The molecule has 1 atom stereocenters. The van der Waals surface area contributed by atoms with Gasteiger partial charge in [-0.15, -0.1) is 13.2 Å². The Labute approximate surface area is 96.7 Å². The van der Waals surface area contributed by atoms with E-state index in [1.165, 1.54) is 0 Å². The average Bonchev–Trinajstić information content (AvgIpc) is 2.13.